The fourth-order valence-electron chi connectivity index (χ4n) is 2.10. The molecule has 6 nitrogen and oxygen atoms in total. The molecule has 2 atom stereocenters. The van der Waals surface area contributed by atoms with Crippen LogP contribution >= 0.6 is 12.4 Å². The number of rotatable bonds is 5. The van der Waals surface area contributed by atoms with Gasteiger partial charge in [0.2, 0.25) is 0 Å². The Hall–Kier alpha value is 0.0800. The molecule has 1 fully saturated rings. The summed E-state index contributed by atoms with van der Waals surface area (Å²) in [6.45, 7) is 4.38. The van der Waals surface area contributed by atoms with Gasteiger partial charge in [0.05, 0.1) is 6.10 Å². The Morgan fingerprint density at radius 3 is 2.56 bits per heavy atom. The van der Waals surface area contributed by atoms with E-state index >= 15 is 0 Å². The molecule has 0 saturated carbocycles. The van der Waals surface area contributed by atoms with Crippen LogP contribution in [0.5, 0.6) is 0 Å². The molecule has 0 aromatic rings. The summed E-state index contributed by atoms with van der Waals surface area (Å²) in [7, 11) is -1.78. The van der Waals surface area contributed by atoms with Gasteiger partial charge in [-0.25, -0.2) is 0 Å². The second-order valence-electron chi connectivity index (χ2n) is 4.66. The molecule has 0 aliphatic carbocycles. The number of piperidine rings is 1. The lowest BCUT2D eigenvalue weighted by Gasteiger charge is -2.37. The van der Waals surface area contributed by atoms with E-state index in [1.807, 2.05) is 0 Å². The first kappa shape index (κ1) is 18.1. The molecule has 1 heterocycles. The molecular formula is C10H24ClN3O3S. The number of hydrogen-bond donors (Lipinski definition) is 2. The number of methoxy groups -OCH3 is 1. The highest BCUT2D eigenvalue weighted by Crippen LogP contribution is 2.21. The van der Waals surface area contributed by atoms with Crippen molar-refractivity contribution in [2.75, 3.05) is 20.2 Å². The van der Waals surface area contributed by atoms with Crippen LogP contribution in [0.3, 0.4) is 0 Å². The van der Waals surface area contributed by atoms with Crippen LogP contribution in [0.1, 0.15) is 26.7 Å². The van der Waals surface area contributed by atoms with Gasteiger partial charge in [0.15, 0.2) is 0 Å². The van der Waals surface area contributed by atoms with Gasteiger partial charge in [-0.05, 0) is 26.7 Å². The van der Waals surface area contributed by atoms with Crippen LogP contribution in [0.2, 0.25) is 0 Å². The van der Waals surface area contributed by atoms with Gasteiger partial charge in [-0.15, -0.1) is 12.4 Å². The fraction of sp³-hybridized carbons (Fsp3) is 1.00. The summed E-state index contributed by atoms with van der Waals surface area (Å²) in [5.74, 6) is 0. The third kappa shape index (κ3) is 4.64. The van der Waals surface area contributed by atoms with Crippen molar-refractivity contribution < 1.29 is 13.2 Å². The lowest BCUT2D eigenvalue weighted by molar-refractivity contribution is 0.0397. The van der Waals surface area contributed by atoms with Gasteiger partial charge < -0.3 is 10.5 Å². The SMILES string of the molecule is COC1CCN(S(=O)(=O)NC(C)C)C(CN)C1.Cl. The van der Waals surface area contributed by atoms with Crippen molar-refractivity contribution in [1.82, 2.24) is 9.03 Å². The minimum atomic E-state index is -3.43. The summed E-state index contributed by atoms with van der Waals surface area (Å²) in [5, 5.41) is 0. The standard InChI is InChI=1S/C10H23N3O3S.ClH/c1-8(2)12-17(14,15)13-5-4-10(16-3)6-9(13)7-11;/h8-10,12H,4-7,11H2,1-3H3;1H. The molecule has 18 heavy (non-hydrogen) atoms. The third-order valence-electron chi connectivity index (χ3n) is 2.91. The molecule has 0 radical (unpaired) electrons. The maximum absolute atomic E-state index is 12.1. The van der Waals surface area contributed by atoms with Crippen molar-refractivity contribution in [3.05, 3.63) is 0 Å². The van der Waals surface area contributed by atoms with E-state index in [9.17, 15) is 8.42 Å². The first-order valence-electron chi connectivity index (χ1n) is 5.92. The molecular weight excluding hydrogens is 278 g/mol. The first-order chi connectivity index (χ1) is 7.90. The Bertz CT molecular complexity index is 337. The molecule has 1 rings (SSSR count). The largest absolute Gasteiger partial charge is 0.381 e. The maximum Gasteiger partial charge on any atom is 0.279 e. The average molecular weight is 302 g/mol. The fourth-order valence-corrected chi connectivity index (χ4v) is 3.74. The molecule has 0 aromatic carbocycles. The summed E-state index contributed by atoms with van der Waals surface area (Å²) in [6.07, 6.45) is 1.48. The number of hydrogen-bond acceptors (Lipinski definition) is 4. The number of nitrogens with zero attached hydrogens (tertiary/aromatic N) is 1. The Kier molecular flexibility index (Phi) is 7.65. The highest BCUT2D eigenvalue weighted by atomic mass is 35.5. The monoisotopic (exact) mass is 301 g/mol. The number of nitrogens with one attached hydrogen (secondary N) is 1. The van der Waals surface area contributed by atoms with Gasteiger partial charge in [0.25, 0.3) is 10.2 Å². The van der Waals surface area contributed by atoms with Gasteiger partial charge in [0, 0.05) is 32.3 Å². The van der Waals surface area contributed by atoms with Gasteiger partial charge in [-0.2, -0.15) is 17.4 Å². The van der Waals surface area contributed by atoms with Crippen LogP contribution < -0.4 is 10.5 Å². The zero-order valence-corrected chi connectivity index (χ0v) is 12.8. The molecule has 1 saturated heterocycles. The highest BCUT2D eigenvalue weighted by molar-refractivity contribution is 7.87. The Balaban J connectivity index is 0.00000289. The first-order valence-corrected chi connectivity index (χ1v) is 7.36. The third-order valence-corrected chi connectivity index (χ3v) is 4.78. The minimum absolute atomic E-state index is 0. The topological polar surface area (TPSA) is 84.7 Å². The van der Waals surface area contributed by atoms with Crippen molar-refractivity contribution in [1.29, 1.82) is 0 Å². The molecule has 0 amide bonds. The molecule has 8 heteroatoms. The van der Waals surface area contributed by atoms with Crippen molar-refractivity contribution in [2.45, 2.75) is 44.9 Å². The lowest BCUT2D eigenvalue weighted by Crippen LogP contribution is -2.55. The van der Waals surface area contributed by atoms with E-state index in [4.69, 9.17) is 10.5 Å². The second kappa shape index (κ2) is 7.62. The Morgan fingerprint density at radius 2 is 2.11 bits per heavy atom. The zero-order valence-electron chi connectivity index (χ0n) is 11.1. The predicted molar refractivity (Wildman–Crippen MR) is 74.0 cm³/mol. The van der Waals surface area contributed by atoms with E-state index in [-0.39, 0.29) is 30.6 Å². The quantitative estimate of drug-likeness (QED) is 0.754. The summed E-state index contributed by atoms with van der Waals surface area (Å²) in [5.41, 5.74) is 5.65. The van der Waals surface area contributed by atoms with Crippen LogP contribution in [0.15, 0.2) is 0 Å². The highest BCUT2D eigenvalue weighted by Gasteiger charge is 2.35. The van der Waals surface area contributed by atoms with Crippen molar-refractivity contribution >= 4 is 22.6 Å². The normalized spacial score (nSPS) is 26.1. The van der Waals surface area contributed by atoms with Gasteiger partial charge in [-0.3, -0.25) is 0 Å². The smallest absolute Gasteiger partial charge is 0.279 e. The van der Waals surface area contributed by atoms with E-state index in [2.05, 4.69) is 4.72 Å². The second-order valence-corrected chi connectivity index (χ2v) is 6.31. The predicted octanol–water partition coefficient (Wildman–Crippen LogP) is 0.0891. The molecule has 3 N–H and O–H groups in total. The van der Waals surface area contributed by atoms with E-state index in [0.29, 0.717) is 25.9 Å². The summed E-state index contributed by atoms with van der Waals surface area (Å²) in [4.78, 5) is 0. The van der Waals surface area contributed by atoms with Crippen LogP contribution in [0.4, 0.5) is 0 Å². The molecule has 2 unspecified atom stereocenters. The van der Waals surface area contributed by atoms with Crippen molar-refractivity contribution in [3.8, 4) is 0 Å². The summed E-state index contributed by atoms with van der Waals surface area (Å²) < 4.78 is 33.5. The number of halogens is 1. The molecule has 0 spiro atoms. The van der Waals surface area contributed by atoms with Crippen LogP contribution in [0, 0.1) is 0 Å². The van der Waals surface area contributed by atoms with Crippen LogP contribution in [-0.4, -0.2) is 51.1 Å². The minimum Gasteiger partial charge on any atom is -0.381 e. The maximum atomic E-state index is 12.1. The van der Waals surface area contributed by atoms with Crippen LogP contribution in [0.25, 0.3) is 0 Å². The van der Waals surface area contributed by atoms with Gasteiger partial charge in [-0.1, -0.05) is 0 Å². The number of ether oxygens (including phenoxy) is 1. The molecule has 110 valence electrons. The van der Waals surface area contributed by atoms with E-state index < -0.39 is 10.2 Å². The van der Waals surface area contributed by atoms with E-state index in [0.717, 1.165) is 0 Å². The number of nitrogens with two attached hydrogens (primary N) is 1. The lowest BCUT2D eigenvalue weighted by atomic mass is 10.0. The van der Waals surface area contributed by atoms with Gasteiger partial charge in [0.1, 0.15) is 0 Å². The Morgan fingerprint density at radius 1 is 1.50 bits per heavy atom. The Labute approximate surface area is 116 Å². The molecule has 0 bridgehead atoms. The molecule has 1 aliphatic heterocycles. The van der Waals surface area contributed by atoms with E-state index in [1.165, 1.54) is 4.31 Å². The van der Waals surface area contributed by atoms with Gasteiger partial charge >= 0.3 is 0 Å². The molecule has 1 aliphatic rings. The summed E-state index contributed by atoms with van der Waals surface area (Å²) >= 11 is 0. The van der Waals surface area contributed by atoms with Crippen molar-refractivity contribution in [2.24, 2.45) is 5.73 Å². The average Bonchev–Trinajstić information content (AvgIpc) is 2.26. The van der Waals surface area contributed by atoms with Crippen LogP contribution in [-0.2, 0) is 14.9 Å². The van der Waals surface area contributed by atoms with E-state index in [1.54, 1.807) is 21.0 Å². The van der Waals surface area contributed by atoms with Crippen molar-refractivity contribution in [3.63, 3.8) is 0 Å². The zero-order chi connectivity index (χ0) is 13.1. The molecule has 0 aromatic heterocycles. The summed E-state index contributed by atoms with van der Waals surface area (Å²) in [6, 6.07) is -0.288.